The van der Waals surface area contributed by atoms with E-state index in [2.05, 4.69) is 5.32 Å². The van der Waals surface area contributed by atoms with Gasteiger partial charge in [-0.1, -0.05) is 12.2 Å². The molecule has 4 nitrogen and oxygen atoms in total. The van der Waals surface area contributed by atoms with E-state index in [1.165, 1.54) is 6.42 Å². The Balaban J connectivity index is 1.78. The molecule has 5 heteroatoms. The van der Waals surface area contributed by atoms with Crippen molar-refractivity contribution in [2.24, 2.45) is 5.73 Å². The number of nitrogens with one attached hydrogen (secondary N) is 1. The molecule has 1 saturated carbocycles. The summed E-state index contributed by atoms with van der Waals surface area (Å²) < 4.78 is 5.38. The smallest absolute Gasteiger partial charge is 0.258 e. The first-order valence-electron chi connectivity index (χ1n) is 5.97. The van der Waals surface area contributed by atoms with Gasteiger partial charge in [0.1, 0.15) is 10.7 Å². The summed E-state index contributed by atoms with van der Waals surface area (Å²) in [5.41, 5.74) is 6.28. The maximum Gasteiger partial charge on any atom is 0.258 e. The number of carbonyl (C=O) groups is 1. The van der Waals surface area contributed by atoms with Crippen molar-refractivity contribution in [3.05, 3.63) is 29.8 Å². The van der Waals surface area contributed by atoms with E-state index < -0.39 is 0 Å². The summed E-state index contributed by atoms with van der Waals surface area (Å²) in [5.74, 6) is 0.567. The highest BCUT2D eigenvalue weighted by Gasteiger charge is 2.19. The van der Waals surface area contributed by atoms with Crippen molar-refractivity contribution < 1.29 is 9.53 Å². The van der Waals surface area contributed by atoms with Crippen LogP contribution in [0.15, 0.2) is 24.3 Å². The minimum absolute atomic E-state index is 0.0446. The molecule has 0 heterocycles. The molecule has 0 aliphatic heterocycles. The van der Waals surface area contributed by atoms with Gasteiger partial charge in [0.25, 0.3) is 5.91 Å². The van der Waals surface area contributed by atoms with E-state index in [9.17, 15) is 4.79 Å². The molecule has 3 N–H and O–H groups in total. The lowest BCUT2D eigenvalue weighted by Gasteiger charge is -2.26. The predicted molar refractivity (Wildman–Crippen MR) is 73.6 cm³/mol. The molecule has 1 amide bonds. The average molecular weight is 264 g/mol. The molecule has 0 radical (unpaired) electrons. The molecule has 0 atom stereocenters. The van der Waals surface area contributed by atoms with Crippen molar-refractivity contribution in [2.75, 3.05) is 6.61 Å². The minimum atomic E-state index is -0.0712. The topological polar surface area (TPSA) is 64.3 Å². The SMILES string of the molecule is NC(=S)c1ccc(OCC(=O)NC2CCC2)cc1. The summed E-state index contributed by atoms with van der Waals surface area (Å²) in [5, 5.41) is 2.91. The molecule has 0 aromatic heterocycles. The lowest BCUT2D eigenvalue weighted by atomic mass is 9.93. The van der Waals surface area contributed by atoms with Crippen LogP contribution in [0.5, 0.6) is 5.75 Å². The van der Waals surface area contributed by atoms with Gasteiger partial charge in [-0.15, -0.1) is 0 Å². The van der Waals surface area contributed by atoms with Gasteiger partial charge in [0.05, 0.1) is 0 Å². The van der Waals surface area contributed by atoms with Crippen molar-refractivity contribution in [2.45, 2.75) is 25.3 Å². The fourth-order valence-electron chi connectivity index (χ4n) is 1.69. The van der Waals surface area contributed by atoms with Crippen LogP contribution in [0.25, 0.3) is 0 Å². The molecule has 18 heavy (non-hydrogen) atoms. The van der Waals surface area contributed by atoms with Crippen LogP contribution in [-0.2, 0) is 4.79 Å². The highest BCUT2D eigenvalue weighted by molar-refractivity contribution is 7.80. The molecular weight excluding hydrogens is 248 g/mol. The van der Waals surface area contributed by atoms with Gasteiger partial charge in [-0.2, -0.15) is 0 Å². The van der Waals surface area contributed by atoms with Gasteiger partial charge in [-0.3, -0.25) is 4.79 Å². The molecule has 0 unspecified atom stereocenters. The van der Waals surface area contributed by atoms with Crippen molar-refractivity contribution in [3.63, 3.8) is 0 Å². The van der Waals surface area contributed by atoms with E-state index >= 15 is 0 Å². The van der Waals surface area contributed by atoms with E-state index in [0.29, 0.717) is 16.8 Å². The first-order valence-corrected chi connectivity index (χ1v) is 6.38. The number of hydrogen-bond donors (Lipinski definition) is 2. The maximum atomic E-state index is 11.5. The van der Waals surface area contributed by atoms with Gasteiger partial charge in [0.2, 0.25) is 0 Å². The van der Waals surface area contributed by atoms with Crippen LogP contribution in [0.1, 0.15) is 24.8 Å². The van der Waals surface area contributed by atoms with Crippen LogP contribution in [0.2, 0.25) is 0 Å². The number of benzene rings is 1. The third kappa shape index (κ3) is 3.43. The molecule has 0 spiro atoms. The third-order valence-corrected chi connectivity index (χ3v) is 3.21. The summed E-state index contributed by atoms with van der Waals surface area (Å²) in [6.07, 6.45) is 3.36. The van der Waals surface area contributed by atoms with Crippen LogP contribution < -0.4 is 15.8 Å². The summed E-state index contributed by atoms with van der Waals surface area (Å²) >= 11 is 4.85. The lowest BCUT2D eigenvalue weighted by molar-refractivity contribution is -0.124. The Labute approximate surface area is 112 Å². The van der Waals surface area contributed by atoms with E-state index in [-0.39, 0.29) is 12.5 Å². The quantitative estimate of drug-likeness (QED) is 0.788. The van der Waals surface area contributed by atoms with Gasteiger partial charge in [-0.25, -0.2) is 0 Å². The van der Waals surface area contributed by atoms with E-state index in [1.807, 2.05) is 0 Å². The molecule has 1 aliphatic carbocycles. The van der Waals surface area contributed by atoms with Crippen molar-refractivity contribution >= 4 is 23.1 Å². The Kier molecular flexibility index (Phi) is 4.15. The summed E-state index contributed by atoms with van der Waals surface area (Å²) in [6, 6.07) is 7.41. The third-order valence-electron chi connectivity index (χ3n) is 2.98. The first kappa shape index (κ1) is 12.8. The monoisotopic (exact) mass is 264 g/mol. The number of nitrogens with two attached hydrogens (primary N) is 1. The highest BCUT2D eigenvalue weighted by atomic mass is 32.1. The van der Waals surface area contributed by atoms with Crippen LogP contribution in [0, 0.1) is 0 Å². The molecule has 1 aromatic rings. The van der Waals surface area contributed by atoms with Crippen LogP contribution in [0.4, 0.5) is 0 Å². The van der Waals surface area contributed by atoms with Gasteiger partial charge in [-0.05, 0) is 43.5 Å². The van der Waals surface area contributed by atoms with E-state index in [4.69, 9.17) is 22.7 Å². The fourth-order valence-corrected chi connectivity index (χ4v) is 1.82. The Hall–Kier alpha value is -1.62. The predicted octanol–water partition coefficient (Wildman–Crippen LogP) is 1.37. The molecule has 1 aromatic carbocycles. The number of hydrogen-bond acceptors (Lipinski definition) is 3. The highest BCUT2D eigenvalue weighted by Crippen LogP contribution is 2.18. The molecule has 96 valence electrons. The summed E-state index contributed by atoms with van der Waals surface area (Å²) in [6.45, 7) is 0.0446. The second kappa shape index (κ2) is 5.82. The fraction of sp³-hybridized carbons (Fsp3) is 0.385. The molecule has 1 fully saturated rings. The van der Waals surface area contributed by atoms with E-state index in [1.54, 1.807) is 24.3 Å². The first-order chi connectivity index (χ1) is 8.65. The molecule has 2 rings (SSSR count). The Morgan fingerprint density at radius 2 is 2.06 bits per heavy atom. The number of thiocarbonyl (C=S) groups is 1. The maximum absolute atomic E-state index is 11.5. The zero-order valence-corrected chi connectivity index (χ0v) is 10.8. The number of rotatable bonds is 5. The van der Waals surface area contributed by atoms with Crippen molar-refractivity contribution in [1.29, 1.82) is 0 Å². The van der Waals surface area contributed by atoms with Gasteiger partial charge < -0.3 is 15.8 Å². The lowest BCUT2D eigenvalue weighted by Crippen LogP contribution is -2.41. The standard InChI is InChI=1S/C13H16N2O2S/c14-13(18)9-4-6-11(7-5-9)17-8-12(16)15-10-2-1-3-10/h4-7,10H,1-3,8H2,(H2,14,18)(H,15,16). The largest absolute Gasteiger partial charge is 0.484 e. The van der Waals surface area contributed by atoms with E-state index in [0.717, 1.165) is 18.4 Å². The van der Waals surface area contributed by atoms with Crippen LogP contribution in [0.3, 0.4) is 0 Å². The normalized spacial score (nSPS) is 14.7. The molecule has 0 saturated heterocycles. The number of carbonyl (C=O) groups excluding carboxylic acids is 1. The second-order valence-electron chi connectivity index (χ2n) is 4.37. The van der Waals surface area contributed by atoms with Crippen molar-refractivity contribution in [1.82, 2.24) is 5.32 Å². The summed E-state index contributed by atoms with van der Waals surface area (Å²) in [4.78, 5) is 11.9. The number of ether oxygens (including phenoxy) is 1. The van der Waals surface area contributed by atoms with Gasteiger partial charge in [0.15, 0.2) is 6.61 Å². The van der Waals surface area contributed by atoms with Gasteiger partial charge >= 0.3 is 0 Å². The average Bonchev–Trinajstić information content (AvgIpc) is 2.32. The molecule has 0 bridgehead atoms. The van der Waals surface area contributed by atoms with Gasteiger partial charge in [0, 0.05) is 11.6 Å². The minimum Gasteiger partial charge on any atom is -0.484 e. The Morgan fingerprint density at radius 3 is 2.56 bits per heavy atom. The zero-order valence-electron chi connectivity index (χ0n) is 10.0. The Morgan fingerprint density at radius 1 is 1.39 bits per heavy atom. The second-order valence-corrected chi connectivity index (χ2v) is 4.81. The van der Waals surface area contributed by atoms with Crippen LogP contribution >= 0.6 is 12.2 Å². The molecular formula is C13H16N2O2S. The van der Waals surface area contributed by atoms with Crippen LogP contribution in [-0.4, -0.2) is 23.5 Å². The number of amides is 1. The summed E-state index contributed by atoms with van der Waals surface area (Å²) in [7, 11) is 0. The van der Waals surface area contributed by atoms with Crippen molar-refractivity contribution in [3.8, 4) is 5.75 Å². The molecule has 1 aliphatic rings. The Bertz CT molecular complexity index is 441. The zero-order chi connectivity index (χ0) is 13.0.